The number of para-hydroxylation sites is 1. The van der Waals surface area contributed by atoms with Crippen molar-refractivity contribution in [3.8, 4) is 5.69 Å². The first kappa shape index (κ1) is 26.3. The number of benzene rings is 3. The van der Waals surface area contributed by atoms with Gasteiger partial charge in [-0.15, -0.1) is 0 Å². The molecule has 1 unspecified atom stereocenters. The van der Waals surface area contributed by atoms with E-state index in [-0.39, 0.29) is 17.5 Å². The Labute approximate surface area is 219 Å². The van der Waals surface area contributed by atoms with Crippen LogP contribution in [0.5, 0.6) is 0 Å². The summed E-state index contributed by atoms with van der Waals surface area (Å²) in [5.74, 6) is 0.728. The van der Waals surface area contributed by atoms with Gasteiger partial charge in [-0.25, -0.2) is 4.98 Å². The largest absolute Gasteiger partial charge is 0.332 e. The molecule has 0 aliphatic heterocycles. The van der Waals surface area contributed by atoms with Crippen molar-refractivity contribution in [1.29, 1.82) is 0 Å². The van der Waals surface area contributed by atoms with E-state index in [1.807, 2.05) is 65.6 Å². The molecule has 0 radical (unpaired) electrons. The van der Waals surface area contributed by atoms with Crippen LogP contribution in [0, 0.1) is 13.8 Å². The summed E-state index contributed by atoms with van der Waals surface area (Å²) in [4.78, 5) is 34.5. The van der Waals surface area contributed by atoms with Gasteiger partial charge in [0.15, 0.2) is 0 Å². The fraction of sp³-hybridized carbons (Fsp3) is 0.344. The zero-order valence-corrected chi connectivity index (χ0v) is 22.4. The van der Waals surface area contributed by atoms with Gasteiger partial charge in [0.25, 0.3) is 5.56 Å². The number of unbranched alkanes of at least 4 members (excludes halogenated alkanes) is 1. The molecule has 0 aliphatic carbocycles. The number of nitrogens with zero attached hydrogens (tertiary/aromatic N) is 3. The number of rotatable bonds is 10. The average Bonchev–Trinajstić information content (AvgIpc) is 2.92. The van der Waals surface area contributed by atoms with Gasteiger partial charge in [-0.1, -0.05) is 68.8 Å². The molecule has 0 fully saturated rings. The molecule has 5 heteroatoms. The summed E-state index contributed by atoms with van der Waals surface area (Å²) in [5.41, 5.74) is 4.79. The summed E-state index contributed by atoms with van der Waals surface area (Å²) in [6.45, 7) is 8.85. The number of hydrogen-bond acceptors (Lipinski definition) is 3. The molecule has 5 nitrogen and oxygen atoms in total. The van der Waals surface area contributed by atoms with E-state index in [9.17, 15) is 9.59 Å². The van der Waals surface area contributed by atoms with Crippen molar-refractivity contribution < 1.29 is 4.79 Å². The Kier molecular flexibility index (Phi) is 8.54. The number of carbonyl (C=O) groups is 1. The summed E-state index contributed by atoms with van der Waals surface area (Å²) in [7, 11) is 0. The highest BCUT2D eigenvalue weighted by atomic mass is 16.2. The number of hydrogen-bond donors (Lipinski definition) is 0. The highest BCUT2D eigenvalue weighted by molar-refractivity contribution is 5.79. The number of amides is 1. The lowest BCUT2D eigenvalue weighted by molar-refractivity contribution is -0.134. The summed E-state index contributed by atoms with van der Waals surface area (Å²) in [6.07, 6.45) is 3.69. The molecule has 192 valence electrons. The lowest BCUT2D eigenvalue weighted by Gasteiger charge is -2.33. The van der Waals surface area contributed by atoms with Crippen LogP contribution in [0.3, 0.4) is 0 Å². The molecule has 37 heavy (non-hydrogen) atoms. The molecule has 1 atom stereocenters. The number of fused-ring (bicyclic) bond motifs is 1. The van der Waals surface area contributed by atoms with Gasteiger partial charge in [0, 0.05) is 13.0 Å². The Balaban J connectivity index is 1.87. The van der Waals surface area contributed by atoms with E-state index >= 15 is 0 Å². The van der Waals surface area contributed by atoms with Gasteiger partial charge in [0.1, 0.15) is 5.82 Å². The smallest absolute Gasteiger partial charge is 0.266 e. The Hall–Kier alpha value is -3.73. The van der Waals surface area contributed by atoms with Crippen LogP contribution in [0.25, 0.3) is 16.6 Å². The fourth-order valence-electron chi connectivity index (χ4n) is 4.85. The van der Waals surface area contributed by atoms with Crippen molar-refractivity contribution in [2.75, 3.05) is 6.54 Å². The maximum Gasteiger partial charge on any atom is 0.266 e. The second-order valence-electron chi connectivity index (χ2n) is 9.75. The third kappa shape index (κ3) is 5.82. The third-order valence-electron chi connectivity index (χ3n) is 7.16. The predicted molar refractivity (Wildman–Crippen MR) is 151 cm³/mol. The molecule has 0 bridgehead atoms. The van der Waals surface area contributed by atoms with Crippen LogP contribution >= 0.6 is 0 Å². The van der Waals surface area contributed by atoms with Crippen molar-refractivity contribution in [2.45, 2.75) is 65.8 Å². The zero-order chi connectivity index (χ0) is 26.4. The number of aromatic nitrogens is 2. The zero-order valence-electron chi connectivity index (χ0n) is 22.4. The Bertz CT molecular complexity index is 1430. The molecule has 1 heterocycles. The molecule has 0 saturated heterocycles. The van der Waals surface area contributed by atoms with Crippen molar-refractivity contribution in [3.63, 3.8) is 0 Å². The Morgan fingerprint density at radius 3 is 2.38 bits per heavy atom. The van der Waals surface area contributed by atoms with Crippen LogP contribution in [-0.4, -0.2) is 26.9 Å². The summed E-state index contributed by atoms with van der Waals surface area (Å²) in [5, 5.41) is 0.576. The monoisotopic (exact) mass is 495 g/mol. The van der Waals surface area contributed by atoms with Crippen LogP contribution in [0.4, 0.5) is 0 Å². The Morgan fingerprint density at radius 1 is 0.946 bits per heavy atom. The minimum atomic E-state index is -0.327. The minimum absolute atomic E-state index is 0.105. The van der Waals surface area contributed by atoms with Crippen molar-refractivity contribution in [1.82, 2.24) is 14.5 Å². The van der Waals surface area contributed by atoms with Gasteiger partial charge in [-0.3, -0.25) is 14.2 Å². The van der Waals surface area contributed by atoms with E-state index in [0.29, 0.717) is 36.1 Å². The van der Waals surface area contributed by atoms with Gasteiger partial charge >= 0.3 is 0 Å². The first-order chi connectivity index (χ1) is 17.9. The van der Waals surface area contributed by atoms with E-state index in [0.717, 1.165) is 30.5 Å². The molecule has 1 aromatic heterocycles. The summed E-state index contributed by atoms with van der Waals surface area (Å²) >= 11 is 0. The minimum Gasteiger partial charge on any atom is -0.332 e. The van der Waals surface area contributed by atoms with Crippen molar-refractivity contribution >= 4 is 16.8 Å². The van der Waals surface area contributed by atoms with Gasteiger partial charge in [-0.05, 0) is 74.1 Å². The van der Waals surface area contributed by atoms with Crippen LogP contribution in [0.1, 0.15) is 68.1 Å². The van der Waals surface area contributed by atoms with Crippen LogP contribution < -0.4 is 5.56 Å². The van der Waals surface area contributed by atoms with Gasteiger partial charge in [0.2, 0.25) is 5.91 Å². The maximum absolute atomic E-state index is 13.9. The van der Waals surface area contributed by atoms with E-state index < -0.39 is 0 Å². The highest BCUT2D eigenvalue weighted by Gasteiger charge is 2.28. The molecule has 0 spiro atoms. The quantitative estimate of drug-likeness (QED) is 0.246. The molecular formula is C32H37N3O2. The van der Waals surface area contributed by atoms with Crippen LogP contribution in [0.2, 0.25) is 0 Å². The van der Waals surface area contributed by atoms with E-state index in [2.05, 4.69) is 39.8 Å². The third-order valence-corrected chi connectivity index (χ3v) is 7.16. The molecule has 4 aromatic rings. The Morgan fingerprint density at radius 2 is 1.68 bits per heavy atom. The molecule has 0 aliphatic rings. The lowest BCUT2D eigenvalue weighted by Crippen LogP contribution is -2.39. The van der Waals surface area contributed by atoms with Gasteiger partial charge in [-0.2, -0.15) is 0 Å². The molecule has 0 saturated carbocycles. The second kappa shape index (κ2) is 12.0. The van der Waals surface area contributed by atoms with Gasteiger partial charge < -0.3 is 4.90 Å². The molecule has 0 N–H and O–H groups in total. The predicted octanol–water partition coefficient (Wildman–Crippen LogP) is 6.72. The highest BCUT2D eigenvalue weighted by Crippen LogP contribution is 2.28. The first-order valence-electron chi connectivity index (χ1n) is 13.4. The standard InChI is InChI=1S/C32H37N3O2/c1-5-7-17-30(36)34(21-20-25-13-9-8-10-14-25)29(6-2)31-33-28-16-12-11-15-27(28)32(37)35(31)26-19-18-23(3)24(4)22-26/h8-16,18-19,22,29H,5-7,17,20-21H2,1-4H3. The SMILES string of the molecule is CCCCC(=O)N(CCc1ccccc1)C(CC)c1nc2ccccc2c(=O)n1-c1ccc(C)c(C)c1. The van der Waals surface area contributed by atoms with Gasteiger partial charge in [0.05, 0.1) is 22.6 Å². The van der Waals surface area contributed by atoms with E-state index in [1.165, 1.54) is 11.1 Å². The fourth-order valence-corrected chi connectivity index (χ4v) is 4.85. The van der Waals surface area contributed by atoms with E-state index in [4.69, 9.17) is 4.98 Å². The second-order valence-corrected chi connectivity index (χ2v) is 9.75. The maximum atomic E-state index is 13.9. The molecule has 1 amide bonds. The topological polar surface area (TPSA) is 55.2 Å². The normalized spacial score (nSPS) is 12.0. The molecule has 4 rings (SSSR count). The average molecular weight is 496 g/mol. The van der Waals surface area contributed by atoms with Crippen molar-refractivity contribution in [2.24, 2.45) is 0 Å². The van der Waals surface area contributed by atoms with Crippen molar-refractivity contribution in [3.05, 3.63) is 106 Å². The van der Waals surface area contributed by atoms with E-state index in [1.54, 1.807) is 4.57 Å². The van der Waals surface area contributed by atoms with Crippen LogP contribution in [-0.2, 0) is 11.2 Å². The lowest BCUT2D eigenvalue weighted by atomic mass is 10.1. The summed E-state index contributed by atoms with van der Waals surface area (Å²) < 4.78 is 1.73. The number of aryl methyl sites for hydroxylation is 2. The molecular weight excluding hydrogens is 458 g/mol. The summed E-state index contributed by atoms with van der Waals surface area (Å²) in [6, 6.07) is 23.4. The van der Waals surface area contributed by atoms with Crippen LogP contribution in [0.15, 0.2) is 77.6 Å². The first-order valence-corrected chi connectivity index (χ1v) is 13.4. The number of carbonyl (C=O) groups excluding carboxylic acids is 1. The molecule has 3 aromatic carbocycles.